The van der Waals surface area contributed by atoms with E-state index in [1.54, 1.807) is 0 Å². The van der Waals surface area contributed by atoms with E-state index >= 15 is 0 Å². The van der Waals surface area contributed by atoms with Crippen LogP contribution in [0.15, 0.2) is 0 Å². The van der Waals surface area contributed by atoms with E-state index in [1.165, 1.54) is 22.5 Å². The first-order valence-corrected chi connectivity index (χ1v) is 3.20. The van der Waals surface area contributed by atoms with Crippen LogP contribution in [-0.2, 0) is 26.2 Å². The van der Waals surface area contributed by atoms with E-state index in [1.807, 2.05) is 0 Å². The monoisotopic (exact) mass is 282 g/mol. The van der Waals surface area contributed by atoms with Crippen molar-refractivity contribution in [1.82, 2.24) is 4.98 Å². The van der Waals surface area contributed by atoms with Crippen LogP contribution in [0.3, 0.4) is 0 Å². The zero-order chi connectivity index (χ0) is 7.02. The minimum atomic E-state index is 0. The third kappa shape index (κ3) is 3.64. The Bertz CT molecular complexity index is 211. The zero-order valence-electron chi connectivity index (χ0n) is 7.70. The molecule has 1 nitrogen and oxygen atoms in total. The van der Waals surface area contributed by atoms with Gasteiger partial charge in [0, 0.05) is 0 Å². The maximum absolute atomic E-state index is 4.31. The first kappa shape index (κ1) is 18.5. The minimum Gasteiger partial charge on any atom is -1.00 e. The molecule has 67 valence electrons. The summed E-state index contributed by atoms with van der Waals surface area (Å²) in [6.45, 7) is 8.33. The fourth-order valence-corrected chi connectivity index (χ4v) is 0.962. The standard InChI is InChI=1S/C8H12N.2ClH.Zr/c1-5-6(2)8(4)9-7(5)3;;;/h1-4H3;2*1H;/q-1;;;+3/p-2. The Labute approximate surface area is 106 Å². The van der Waals surface area contributed by atoms with Gasteiger partial charge in [0.25, 0.3) is 0 Å². The Morgan fingerprint density at radius 3 is 1.08 bits per heavy atom. The molecule has 1 rings (SSSR count). The normalized spacial score (nSPS) is 7.67. The van der Waals surface area contributed by atoms with E-state index in [0.717, 1.165) is 0 Å². The van der Waals surface area contributed by atoms with Crippen molar-refractivity contribution in [2.75, 3.05) is 0 Å². The molecule has 12 heavy (non-hydrogen) atoms. The predicted octanol–water partition coefficient (Wildman–Crippen LogP) is -4.12. The summed E-state index contributed by atoms with van der Waals surface area (Å²) in [4.78, 5) is 4.31. The summed E-state index contributed by atoms with van der Waals surface area (Å²) < 4.78 is 0. The molecule has 0 aliphatic heterocycles. The fourth-order valence-electron chi connectivity index (χ4n) is 0.962. The van der Waals surface area contributed by atoms with Crippen molar-refractivity contribution in [2.45, 2.75) is 27.7 Å². The van der Waals surface area contributed by atoms with Crippen molar-refractivity contribution >= 4 is 0 Å². The number of halogens is 2. The van der Waals surface area contributed by atoms with Crippen LogP contribution in [0, 0.1) is 27.7 Å². The molecule has 1 aromatic rings. The van der Waals surface area contributed by atoms with Crippen molar-refractivity contribution in [3.63, 3.8) is 0 Å². The maximum atomic E-state index is 4.31. The molecule has 0 saturated carbocycles. The van der Waals surface area contributed by atoms with Crippen LogP contribution in [0.4, 0.5) is 0 Å². The van der Waals surface area contributed by atoms with E-state index < -0.39 is 0 Å². The van der Waals surface area contributed by atoms with E-state index in [2.05, 4.69) is 32.7 Å². The Hall–Kier alpha value is 0.743. The van der Waals surface area contributed by atoms with Crippen LogP contribution >= 0.6 is 0 Å². The Balaban J connectivity index is -0.000000270. The number of hydrogen-bond acceptors (Lipinski definition) is 0. The molecule has 0 unspecified atom stereocenters. The molecule has 0 amide bonds. The number of hydrogen-bond donors (Lipinski definition) is 0. The van der Waals surface area contributed by atoms with Crippen LogP contribution in [0.5, 0.6) is 0 Å². The smallest absolute Gasteiger partial charge is 1.00 e. The molecule has 0 spiro atoms. The van der Waals surface area contributed by atoms with Crippen LogP contribution < -0.4 is 29.8 Å². The van der Waals surface area contributed by atoms with Gasteiger partial charge in [-0.3, -0.25) is 0 Å². The first-order valence-electron chi connectivity index (χ1n) is 3.20. The molecule has 0 fully saturated rings. The summed E-state index contributed by atoms with van der Waals surface area (Å²) in [5.41, 5.74) is 5.02. The van der Waals surface area contributed by atoms with Crippen LogP contribution in [-0.4, -0.2) is 0 Å². The van der Waals surface area contributed by atoms with E-state index in [4.69, 9.17) is 0 Å². The van der Waals surface area contributed by atoms with E-state index in [0.29, 0.717) is 0 Å². The molecule has 0 saturated heterocycles. The van der Waals surface area contributed by atoms with Gasteiger partial charge in [-0.2, -0.15) is 11.4 Å². The van der Waals surface area contributed by atoms with Crippen molar-refractivity contribution in [1.29, 1.82) is 0 Å². The summed E-state index contributed by atoms with van der Waals surface area (Å²) in [6.07, 6.45) is 0. The summed E-state index contributed by atoms with van der Waals surface area (Å²) >= 11 is 0. The topological polar surface area (TPSA) is 14.1 Å². The summed E-state index contributed by atoms with van der Waals surface area (Å²) in [5.74, 6) is 0. The predicted molar refractivity (Wildman–Crippen MR) is 38.7 cm³/mol. The first-order chi connectivity index (χ1) is 4.13. The third-order valence-corrected chi connectivity index (χ3v) is 1.98. The minimum absolute atomic E-state index is 0. The summed E-state index contributed by atoms with van der Waals surface area (Å²) in [5, 5.41) is 0. The van der Waals surface area contributed by atoms with E-state index in [9.17, 15) is 0 Å². The van der Waals surface area contributed by atoms with Crippen molar-refractivity contribution in [2.24, 2.45) is 0 Å². The van der Waals surface area contributed by atoms with Crippen LogP contribution in [0.2, 0.25) is 0 Å². The second-order valence-electron chi connectivity index (χ2n) is 2.53. The van der Waals surface area contributed by atoms with Gasteiger partial charge in [0.2, 0.25) is 0 Å². The molecule has 0 N–H and O–H groups in total. The van der Waals surface area contributed by atoms with Crippen molar-refractivity contribution < 1.29 is 51.0 Å². The number of nitrogens with zero attached hydrogens (tertiary/aromatic N) is 1. The molecule has 4 heteroatoms. The molecular weight excluding hydrogens is 272 g/mol. The van der Waals surface area contributed by atoms with Gasteiger partial charge < -0.3 is 29.8 Å². The quantitative estimate of drug-likeness (QED) is 0.472. The second kappa shape index (κ2) is 7.18. The maximum Gasteiger partial charge on any atom is 3.00 e. The molecule has 0 aliphatic rings. The Morgan fingerprint density at radius 2 is 1.00 bits per heavy atom. The summed E-state index contributed by atoms with van der Waals surface area (Å²) in [6, 6.07) is 0. The number of aryl methyl sites for hydroxylation is 2. The third-order valence-electron chi connectivity index (χ3n) is 1.98. The van der Waals surface area contributed by atoms with Gasteiger partial charge in [-0.15, -0.1) is 0 Å². The number of aromatic nitrogens is 1. The van der Waals surface area contributed by atoms with Crippen molar-refractivity contribution in [3.8, 4) is 0 Å². The Morgan fingerprint density at radius 1 is 0.750 bits per heavy atom. The molecule has 0 aromatic carbocycles. The molecule has 1 heterocycles. The fraction of sp³-hybridized carbons (Fsp3) is 0.500. The van der Waals surface area contributed by atoms with Gasteiger partial charge >= 0.3 is 26.2 Å². The van der Waals surface area contributed by atoms with E-state index in [-0.39, 0.29) is 51.0 Å². The van der Waals surface area contributed by atoms with Crippen LogP contribution in [0.25, 0.3) is 0 Å². The average Bonchev–Trinajstić information content (AvgIpc) is 1.98. The summed E-state index contributed by atoms with van der Waals surface area (Å²) in [7, 11) is 0. The van der Waals surface area contributed by atoms with Gasteiger partial charge in [-0.05, 0) is 13.8 Å². The molecule has 0 aliphatic carbocycles. The van der Waals surface area contributed by atoms with Gasteiger partial charge in [-0.25, -0.2) is 0 Å². The van der Waals surface area contributed by atoms with Gasteiger partial charge in [0.1, 0.15) is 0 Å². The number of rotatable bonds is 0. The zero-order valence-corrected chi connectivity index (χ0v) is 11.7. The molecule has 0 atom stereocenters. The molecule has 0 bridgehead atoms. The van der Waals surface area contributed by atoms with Gasteiger partial charge in [-0.1, -0.05) is 25.0 Å². The second-order valence-corrected chi connectivity index (χ2v) is 2.53. The molecule has 1 aromatic heterocycles. The molecule has 1 radical (unpaired) electrons. The van der Waals surface area contributed by atoms with Crippen molar-refractivity contribution in [3.05, 3.63) is 22.5 Å². The van der Waals surface area contributed by atoms with Crippen LogP contribution in [0.1, 0.15) is 22.5 Å². The van der Waals surface area contributed by atoms with Gasteiger partial charge in [0.05, 0.1) is 0 Å². The molecular formula is C8H12Cl2NZr. The average molecular weight is 284 g/mol. The Kier molecular flexibility index (Phi) is 11.1. The largest absolute Gasteiger partial charge is 3.00 e. The SMILES string of the molecule is Cc1[n-]c(C)c(C)c1C.[Cl-].[Cl-].[Zr+3]. The van der Waals surface area contributed by atoms with Gasteiger partial charge in [0.15, 0.2) is 0 Å².